The number of hydrogen-bond acceptors (Lipinski definition) is 0. The first-order valence-electron chi connectivity index (χ1n) is 12.8. The van der Waals surface area contributed by atoms with Crippen LogP contribution in [0, 0.1) is 0 Å². The van der Waals surface area contributed by atoms with Crippen LogP contribution in [0.5, 0.6) is 0 Å². The van der Waals surface area contributed by atoms with Gasteiger partial charge in [0.05, 0.1) is 0 Å². The van der Waals surface area contributed by atoms with Gasteiger partial charge >= 0.3 is 217 Å². The Hall–Kier alpha value is -2.24. The van der Waals surface area contributed by atoms with E-state index in [0.29, 0.717) is 13.2 Å². The fourth-order valence-electron chi connectivity index (χ4n) is 6.14. The van der Waals surface area contributed by atoms with Crippen LogP contribution in [0.25, 0.3) is 17.2 Å². The zero-order valence-corrected chi connectivity index (χ0v) is 22.7. The van der Waals surface area contributed by atoms with Gasteiger partial charge in [0.2, 0.25) is 0 Å². The van der Waals surface area contributed by atoms with E-state index >= 15 is 0 Å². The van der Waals surface area contributed by atoms with Gasteiger partial charge in [0.25, 0.3) is 0 Å². The molecule has 0 heterocycles. The van der Waals surface area contributed by atoms with Gasteiger partial charge < -0.3 is 0 Å². The molecule has 0 saturated heterocycles. The van der Waals surface area contributed by atoms with Crippen LogP contribution in [0.2, 0.25) is 3.63 Å². The van der Waals surface area contributed by atoms with Gasteiger partial charge in [-0.25, -0.2) is 0 Å². The molecule has 3 aliphatic rings. The summed E-state index contributed by atoms with van der Waals surface area (Å²) in [5.74, 6) is 0.575. The molecule has 34 heavy (non-hydrogen) atoms. The Kier molecular flexibility index (Phi) is 6.17. The van der Waals surface area contributed by atoms with Gasteiger partial charge in [-0.2, -0.15) is 0 Å². The van der Waals surface area contributed by atoms with Crippen molar-refractivity contribution >= 4 is 6.08 Å². The first-order valence-corrected chi connectivity index (χ1v) is 15.6. The number of rotatable bonds is 6. The topological polar surface area (TPSA) is 0 Å². The zero-order chi connectivity index (χ0) is 23.1. The van der Waals surface area contributed by atoms with Crippen molar-refractivity contribution < 1.29 is 23.2 Å². The number of fused-ring (bicyclic) bond motifs is 2. The predicted molar refractivity (Wildman–Crippen MR) is 141 cm³/mol. The molecule has 3 aromatic rings. The number of hydrogen-bond donors (Lipinski definition) is 0. The van der Waals surface area contributed by atoms with Crippen LogP contribution in [-0.4, -0.2) is 0 Å². The van der Waals surface area contributed by atoms with E-state index in [9.17, 15) is 0 Å². The van der Waals surface area contributed by atoms with Crippen LogP contribution < -0.4 is 0 Å². The molecule has 3 unspecified atom stereocenters. The van der Waals surface area contributed by atoms with E-state index in [1.165, 1.54) is 30.4 Å². The van der Waals surface area contributed by atoms with Gasteiger partial charge in [0, 0.05) is 0 Å². The molecule has 0 nitrogen and oxygen atoms in total. The first kappa shape index (κ1) is 22.2. The Morgan fingerprint density at radius 2 is 1.74 bits per heavy atom. The van der Waals surface area contributed by atoms with E-state index in [-0.39, 0.29) is 0 Å². The molecule has 0 saturated carbocycles. The monoisotopic (exact) mass is 518 g/mol. The molecule has 0 aliphatic heterocycles. The van der Waals surface area contributed by atoms with E-state index in [1.54, 1.807) is 39.0 Å². The quantitative estimate of drug-likeness (QED) is 0.305. The molecule has 0 aromatic heterocycles. The van der Waals surface area contributed by atoms with Crippen molar-refractivity contribution in [1.29, 1.82) is 0 Å². The Labute approximate surface area is 216 Å². The maximum absolute atomic E-state index is 2.61. The van der Waals surface area contributed by atoms with Gasteiger partial charge in [0.15, 0.2) is 0 Å². The molecule has 0 spiro atoms. The summed E-state index contributed by atoms with van der Waals surface area (Å²) in [5, 5.41) is 0. The van der Waals surface area contributed by atoms with Gasteiger partial charge in [-0.3, -0.25) is 0 Å². The summed E-state index contributed by atoms with van der Waals surface area (Å²) in [6.45, 7) is 4.76. The molecular formula is C33H32Zr+2. The fourth-order valence-corrected chi connectivity index (χ4v) is 10.2. The molecule has 0 radical (unpaired) electrons. The molecule has 6 rings (SSSR count). The van der Waals surface area contributed by atoms with Crippen molar-refractivity contribution in [3.63, 3.8) is 0 Å². The summed E-state index contributed by atoms with van der Waals surface area (Å²) in [7, 11) is 0. The van der Waals surface area contributed by atoms with Crippen LogP contribution in [0.1, 0.15) is 64.1 Å². The molecular weight excluding hydrogens is 488 g/mol. The first-order chi connectivity index (χ1) is 16.7. The summed E-state index contributed by atoms with van der Waals surface area (Å²) in [4.78, 5) is 0. The second-order valence-electron chi connectivity index (χ2n) is 10.2. The average molecular weight is 520 g/mol. The summed E-state index contributed by atoms with van der Waals surface area (Å²) in [6, 6.07) is 24.7. The molecule has 0 N–H and O–H groups in total. The number of benzene rings is 3. The van der Waals surface area contributed by atoms with Crippen molar-refractivity contribution in [2.45, 2.75) is 52.7 Å². The van der Waals surface area contributed by atoms with Crippen molar-refractivity contribution in [3.05, 3.63) is 124 Å². The second-order valence-corrected chi connectivity index (χ2v) is 14.1. The number of aryl methyl sites for hydroxylation is 1. The molecule has 1 heteroatoms. The van der Waals surface area contributed by atoms with Crippen molar-refractivity contribution in [3.8, 4) is 11.1 Å². The van der Waals surface area contributed by atoms with Crippen molar-refractivity contribution in [2.75, 3.05) is 0 Å². The standard InChI is InChI=1S/C19H17.C14H15.Zr/c1-13-10-16-12-15-8-5-9-17(15)19(18(16)11-13)14-6-3-2-4-7-14;1-12(11-13-7-5-6-8-13)14-9-3-2-4-10-14;/h2-4,6-7,10-12H,5,8-9H2,1H3;2-10,12H,11H2,1H3;/q;;+2. The average Bonchev–Trinajstić information content (AvgIpc) is 3.59. The molecule has 3 aromatic carbocycles. The third-order valence-corrected chi connectivity index (χ3v) is 12.4. The molecule has 0 fully saturated rings. The molecule has 0 amide bonds. The van der Waals surface area contributed by atoms with Crippen molar-refractivity contribution in [2.24, 2.45) is 0 Å². The Morgan fingerprint density at radius 3 is 2.53 bits per heavy atom. The van der Waals surface area contributed by atoms with Crippen LogP contribution in [-0.2, 0) is 36.1 Å². The van der Waals surface area contributed by atoms with E-state index < -0.39 is 23.2 Å². The predicted octanol–water partition coefficient (Wildman–Crippen LogP) is 8.86. The van der Waals surface area contributed by atoms with Crippen LogP contribution in [0.15, 0.2) is 96.1 Å². The van der Waals surface area contributed by atoms with Crippen molar-refractivity contribution in [1.82, 2.24) is 0 Å². The van der Waals surface area contributed by atoms with Crippen LogP contribution in [0.4, 0.5) is 0 Å². The van der Waals surface area contributed by atoms with Crippen LogP contribution in [0.3, 0.4) is 0 Å². The third-order valence-electron chi connectivity index (χ3n) is 7.85. The molecule has 166 valence electrons. The fraction of sp³-hybridized carbons (Fsp3) is 0.273. The molecule has 0 bridgehead atoms. The van der Waals surface area contributed by atoms with E-state index in [1.807, 2.05) is 0 Å². The molecule has 3 atom stereocenters. The summed E-state index contributed by atoms with van der Waals surface area (Å²) in [5.41, 5.74) is 14.0. The van der Waals surface area contributed by atoms with E-state index in [0.717, 1.165) is 6.42 Å². The summed E-state index contributed by atoms with van der Waals surface area (Å²) >= 11 is -0.710. The van der Waals surface area contributed by atoms with Gasteiger partial charge in [-0.15, -0.1) is 0 Å². The van der Waals surface area contributed by atoms with Gasteiger partial charge in [-0.1, -0.05) is 0 Å². The Balaban J connectivity index is 1.26. The minimum absolute atomic E-state index is 0.575. The summed E-state index contributed by atoms with van der Waals surface area (Å²) in [6.07, 6.45) is 15.1. The maximum atomic E-state index is 2.61. The Morgan fingerprint density at radius 1 is 0.971 bits per heavy atom. The third kappa shape index (κ3) is 4.18. The van der Waals surface area contributed by atoms with E-state index in [2.05, 4.69) is 105 Å². The van der Waals surface area contributed by atoms with Crippen LogP contribution >= 0.6 is 0 Å². The van der Waals surface area contributed by atoms with Gasteiger partial charge in [0.1, 0.15) is 0 Å². The zero-order valence-electron chi connectivity index (χ0n) is 20.2. The minimum atomic E-state index is -0.710. The number of allylic oxidation sites excluding steroid dienone is 5. The van der Waals surface area contributed by atoms with E-state index in [4.69, 9.17) is 0 Å². The molecule has 3 aliphatic carbocycles. The SMILES string of the molecule is CC1=Cc2c(cc3c(c2-c2ccccc2)CCC3)[CH]1[Zr+2][CH]1C=CC(CC(C)c2ccccc2)=C1. The van der Waals surface area contributed by atoms with Gasteiger partial charge in [-0.05, 0) is 0 Å². The normalized spacial score (nSPS) is 21.0. The summed E-state index contributed by atoms with van der Waals surface area (Å²) < 4.78 is 1.40. The second kappa shape index (κ2) is 9.43. The Bertz CT molecular complexity index is 1290.